The normalized spacial score (nSPS) is 11.0. The second-order valence-electron chi connectivity index (χ2n) is 7.03. The van der Waals surface area contributed by atoms with E-state index in [1.165, 1.54) is 27.8 Å². The molecular formula is C24H34O5. The van der Waals surface area contributed by atoms with E-state index in [1.54, 1.807) is 7.11 Å². The van der Waals surface area contributed by atoms with Gasteiger partial charge in [0.05, 0.1) is 46.2 Å². The summed E-state index contributed by atoms with van der Waals surface area (Å²) in [7, 11) is 1.66. The van der Waals surface area contributed by atoms with E-state index in [1.807, 2.05) is 0 Å². The summed E-state index contributed by atoms with van der Waals surface area (Å²) in [6, 6.07) is 12.9. The van der Waals surface area contributed by atoms with Gasteiger partial charge in [0.25, 0.3) is 0 Å². The summed E-state index contributed by atoms with van der Waals surface area (Å²) in [5.41, 5.74) is 6.13. The van der Waals surface area contributed by atoms with Crippen LogP contribution in [-0.2, 0) is 18.9 Å². The molecule has 0 amide bonds. The highest BCUT2D eigenvalue weighted by Gasteiger charge is 2.06. The van der Waals surface area contributed by atoms with Crippen LogP contribution in [0.15, 0.2) is 36.4 Å². The molecule has 5 nitrogen and oxygen atoms in total. The van der Waals surface area contributed by atoms with E-state index >= 15 is 0 Å². The van der Waals surface area contributed by atoms with Crippen LogP contribution in [0, 0.1) is 20.8 Å². The van der Waals surface area contributed by atoms with Crippen molar-refractivity contribution in [3.8, 4) is 16.9 Å². The lowest BCUT2D eigenvalue weighted by atomic mass is 9.97. The highest BCUT2D eigenvalue weighted by atomic mass is 16.6. The van der Waals surface area contributed by atoms with Gasteiger partial charge in [-0.25, -0.2) is 0 Å². The molecule has 0 radical (unpaired) electrons. The van der Waals surface area contributed by atoms with E-state index in [4.69, 9.17) is 23.7 Å². The van der Waals surface area contributed by atoms with E-state index in [-0.39, 0.29) is 0 Å². The monoisotopic (exact) mass is 402 g/mol. The van der Waals surface area contributed by atoms with Crippen LogP contribution < -0.4 is 4.74 Å². The Morgan fingerprint density at radius 1 is 0.621 bits per heavy atom. The smallest absolute Gasteiger partial charge is 0.120 e. The van der Waals surface area contributed by atoms with Crippen LogP contribution in [0.1, 0.15) is 16.7 Å². The fourth-order valence-electron chi connectivity index (χ4n) is 2.94. The van der Waals surface area contributed by atoms with Crippen LogP contribution in [0.4, 0.5) is 0 Å². The van der Waals surface area contributed by atoms with Crippen molar-refractivity contribution in [2.45, 2.75) is 20.8 Å². The van der Waals surface area contributed by atoms with Crippen LogP contribution >= 0.6 is 0 Å². The third-order valence-electron chi connectivity index (χ3n) is 4.43. The van der Waals surface area contributed by atoms with Gasteiger partial charge in [-0.15, -0.1) is 0 Å². The van der Waals surface area contributed by atoms with Gasteiger partial charge in [-0.3, -0.25) is 0 Å². The predicted molar refractivity (Wildman–Crippen MR) is 116 cm³/mol. The van der Waals surface area contributed by atoms with Gasteiger partial charge in [-0.05, 0) is 55.2 Å². The van der Waals surface area contributed by atoms with E-state index in [9.17, 15) is 0 Å². The minimum absolute atomic E-state index is 0.510. The summed E-state index contributed by atoms with van der Waals surface area (Å²) in [5.74, 6) is 0.869. The molecule has 29 heavy (non-hydrogen) atoms. The van der Waals surface area contributed by atoms with Crippen molar-refractivity contribution < 1.29 is 23.7 Å². The van der Waals surface area contributed by atoms with E-state index in [2.05, 4.69) is 57.2 Å². The predicted octanol–water partition coefficient (Wildman–Crippen LogP) is 4.35. The van der Waals surface area contributed by atoms with Crippen LogP contribution in [0.25, 0.3) is 11.1 Å². The van der Waals surface area contributed by atoms with Crippen molar-refractivity contribution in [3.63, 3.8) is 0 Å². The number of hydrogen-bond donors (Lipinski definition) is 0. The first-order chi connectivity index (χ1) is 14.1. The number of aryl methyl sites for hydroxylation is 3. The Morgan fingerprint density at radius 2 is 1.24 bits per heavy atom. The maximum atomic E-state index is 5.90. The SMILES string of the molecule is COCCOCCOCCOCCOc1cc(C)cc(-c2cc(C)ccc2C)c1. The Bertz CT molecular complexity index is 729. The van der Waals surface area contributed by atoms with Gasteiger partial charge < -0.3 is 23.7 Å². The summed E-state index contributed by atoms with van der Waals surface area (Å²) in [5, 5.41) is 0. The van der Waals surface area contributed by atoms with Crippen molar-refractivity contribution in [2.24, 2.45) is 0 Å². The van der Waals surface area contributed by atoms with Gasteiger partial charge in [0, 0.05) is 7.11 Å². The van der Waals surface area contributed by atoms with Crippen molar-refractivity contribution in [1.29, 1.82) is 0 Å². The molecule has 160 valence electrons. The molecule has 2 rings (SSSR count). The maximum Gasteiger partial charge on any atom is 0.120 e. The van der Waals surface area contributed by atoms with Gasteiger partial charge in [0.15, 0.2) is 0 Å². The van der Waals surface area contributed by atoms with Gasteiger partial charge in [0.1, 0.15) is 12.4 Å². The lowest BCUT2D eigenvalue weighted by Crippen LogP contribution is -2.13. The van der Waals surface area contributed by atoms with Crippen LogP contribution in [0.3, 0.4) is 0 Å². The highest BCUT2D eigenvalue weighted by Crippen LogP contribution is 2.29. The van der Waals surface area contributed by atoms with Crippen LogP contribution in [0.5, 0.6) is 5.75 Å². The Kier molecular flexibility index (Phi) is 10.7. The van der Waals surface area contributed by atoms with E-state index < -0.39 is 0 Å². The first-order valence-corrected chi connectivity index (χ1v) is 10.1. The molecule has 2 aromatic rings. The zero-order valence-electron chi connectivity index (χ0n) is 18.2. The van der Waals surface area contributed by atoms with Crippen LogP contribution in [0.2, 0.25) is 0 Å². The van der Waals surface area contributed by atoms with Gasteiger partial charge in [-0.2, -0.15) is 0 Å². The lowest BCUT2D eigenvalue weighted by Gasteiger charge is -2.12. The average molecular weight is 403 g/mol. The first kappa shape index (κ1) is 23.4. The molecule has 0 aromatic heterocycles. The first-order valence-electron chi connectivity index (χ1n) is 10.1. The molecule has 0 N–H and O–H groups in total. The Hall–Kier alpha value is -1.92. The fraction of sp³-hybridized carbons (Fsp3) is 0.500. The number of rotatable bonds is 14. The molecule has 0 fully saturated rings. The molecule has 2 aromatic carbocycles. The number of ether oxygens (including phenoxy) is 5. The Balaban J connectivity index is 1.67. The van der Waals surface area contributed by atoms with Gasteiger partial charge in [0.2, 0.25) is 0 Å². The van der Waals surface area contributed by atoms with Crippen molar-refractivity contribution >= 4 is 0 Å². The number of hydrogen-bond acceptors (Lipinski definition) is 5. The average Bonchev–Trinajstić information content (AvgIpc) is 2.70. The second-order valence-corrected chi connectivity index (χ2v) is 7.03. The van der Waals surface area contributed by atoms with E-state index in [0.717, 1.165) is 5.75 Å². The molecule has 0 heterocycles. The summed E-state index contributed by atoms with van der Waals surface area (Å²) in [4.78, 5) is 0. The largest absolute Gasteiger partial charge is 0.491 e. The Morgan fingerprint density at radius 3 is 1.90 bits per heavy atom. The van der Waals surface area contributed by atoms with E-state index in [0.29, 0.717) is 52.9 Å². The maximum absolute atomic E-state index is 5.90. The zero-order chi connectivity index (χ0) is 20.9. The third-order valence-corrected chi connectivity index (χ3v) is 4.43. The molecular weight excluding hydrogens is 368 g/mol. The van der Waals surface area contributed by atoms with Crippen molar-refractivity contribution in [1.82, 2.24) is 0 Å². The second kappa shape index (κ2) is 13.3. The van der Waals surface area contributed by atoms with Crippen LogP contribution in [-0.4, -0.2) is 60.0 Å². The molecule has 0 aliphatic heterocycles. The molecule has 0 aliphatic rings. The molecule has 0 aliphatic carbocycles. The number of benzene rings is 2. The quantitative estimate of drug-likeness (QED) is 0.440. The summed E-state index contributed by atoms with van der Waals surface area (Å²) >= 11 is 0. The minimum Gasteiger partial charge on any atom is -0.491 e. The molecule has 0 atom stereocenters. The lowest BCUT2D eigenvalue weighted by molar-refractivity contribution is 0.000164. The van der Waals surface area contributed by atoms with Crippen molar-refractivity contribution in [3.05, 3.63) is 53.1 Å². The minimum atomic E-state index is 0.510. The highest BCUT2D eigenvalue weighted by molar-refractivity contribution is 5.70. The molecule has 5 heteroatoms. The van der Waals surface area contributed by atoms with Gasteiger partial charge >= 0.3 is 0 Å². The molecule has 0 bridgehead atoms. The summed E-state index contributed by atoms with van der Waals surface area (Å²) in [6.45, 7) is 10.8. The Labute approximate surface area is 174 Å². The number of methoxy groups -OCH3 is 1. The summed E-state index contributed by atoms with van der Waals surface area (Å²) < 4.78 is 27.1. The zero-order valence-corrected chi connectivity index (χ0v) is 18.2. The molecule has 0 unspecified atom stereocenters. The van der Waals surface area contributed by atoms with Crippen molar-refractivity contribution in [2.75, 3.05) is 60.0 Å². The third kappa shape index (κ3) is 8.96. The molecule has 0 spiro atoms. The van der Waals surface area contributed by atoms with Gasteiger partial charge in [-0.1, -0.05) is 29.8 Å². The molecule has 0 saturated carbocycles. The standard InChI is InChI=1S/C24H34O5/c1-19-5-6-21(3)24(17-19)22-15-20(2)16-23(18-22)29-14-13-28-12-11-27-10-9-26-8-7-25-4/h5-6,15-18H,7-14H2,1-4H3. The fourth-order valence-corrected chi connectivity index (χ4v) is 2.94. The molecule has 0 saturated heterocycles. The topological polar surface area (TPSA) is 46.2 Å². The summed E-state index contributed by atoms with van der Waals surface area (Å²) in [6.07, 6.45) is 0.